The lowest BCUT2D eigenvalue weighted by molar-refractivity contribution is -0.142. The van der Waals surface area contributed by atoms with Crippen LogP contribution >= 0.6 is 23.8 Å². The lowest BCUT2D eigenvalue weighted by Crippen LogP contribution is -2.40. The van der Waals surface area contributed by atoms with Gasteiger partial charge in [0.1, 0.15) is 22.3 Å². The molecule has 0 aliphatic carbocycles. The summed E-state index contributed by atoms with van der Waals surface area (Å²) in [6.45, 7) is 1.37. The number of halogens is 6. The van der Waals surface area contributed by atoms with Gasteiger partial charge in [-0.05, 0) is 30.3 Å². The quantitative estimate of drug-likeness (QED) is 0.223. The lowest BCUT2D eigenvalue weighted by atomic mass is 10.0. The molecule has 2 aromatic carbocycles. The van der Waals surface area contributed by atoms with E-state index in [0.29, 0.717) is 31.0 Å². The minimum absolute atomic E-state index is 0.0302. The Bertz CT molecular complexity index is 1460. The molecular weight excluding hydrogens is 539 g/mol. The molecule has 0 radical (unpaired) electrons. The summed E-state index contributed by atoms with van der Waals surface area (Å²) >= 11 is 11.9. The standard InChI is InChI=1S/C24H16ClF5N4O2S/c25-16-5-2-6-17(27)18(16)20-19(23(37)33-7-9-35-10-8-33)21(36-32-20)15-12-31-34(22(15)24(28,29)30)14-4-1-3-13(26)11-14/h1-6,11-12H,7-10H2. The van der Waals surface area contributed by atoms with E-state index in [-0.39, 0.29) is 38.3 Å². The van der Waals surface area contributed by atoms with Gasteiger partial charge in [0.25, 0.3) is 0 Å². The van der Waals surface area contributed by atoms with E-state index in [9.17, 15) is 22.0 Å². The van der Waals surface area contributed by atoms with Crippen molar-refractivity contribution in [2.24, 2.45) is 0 Å². The maximum Gasteiger partial charge on any atom is 0.434 e. The summed E-state index contributed by atoms with van der Waals surface area (Å²) in [7, 11) is 0. The first-order valence-corrected chi connectivity index (χ1v) is 11.7. The van der Waals surface area contributed by atoms with Crippen LogP contribution in [0.5, 0.6) is 0 Å². The Balaban J connectivity index is 1.76. The van der Waals surface area contributed by atoms with Crippen molar-refractivity contribution in [1.82, 2.24) is 19.8 Å². The number of hydrogen-bond donors (Lipinski definition) is 0. The normalized spacial score (nSPS) is 14.3. The Morgan fingerprint density at radius 1 is 1.05 bits per heavy atom. The van der Waals surface area contributed by atoms with E-state index in [1.54, 1.807) is 4.90 Å². The largest absolute Gasteiger partial charge is 0.434 e. The van der Waals surface area contributed by atoms with E-state index in [1.165, 1.54) is 24.3 Å². The minimum atomic E-state index is -4.95. The lowest BCUT2D eigenvalue weighted by Gasteiger charge is -2.29. The van der Waals surface area contributed by atoms with Crippen molar-refractivity contribution in [2.45, 2.75) is 6.18 Å². The van der Waals surface area contributed by atoms with Crippen LogP contribution in [0.15, 0.2) is 53.2 Å². The molecule has 1 aliphatic heterocycles. The van der Waals surface area contributed by atoms with Crippen LogP contribution in [-0.4, -0.2) is 51.1 Å². The van der Waals surface area contributed by atoms with Gasteiger partial charge in [0.05, 0.1) is 46.8 Å². The molecular formula is C24H16ClF5N4O2S. The highest BCUT2D eigenvalue weighted by molar-refractivity contribution is 7.80. The number of nitrogens with zero attached hydrogens (tertiary/aromatic N) is 4. The second-order valence-corrected chi connectivity index (χ2v) is 8.83. The Morgan fingerprint density at radius 2 is 1.78 bits per heavy atom. The molecule has 1 aliphatic rings. The topological polar surface area (TPSA) is 56.3 Å². The van der Waals surface area contributed by atoms with Crippen LogP contribution < -0.4 is 0 Å². The van der Waals surface area contributed by atoms with Crippen molar-refractivity contribution < 1.29 is 31.2 Å². The molecule has 3 heterocycles. The van der Waals surface area contributed by atoms with Crippen molar-refractivity contribution in [3.05, 3.63) is 76.6 Å². The van der Waals surface area contributed by atoms with Crippen molar-refractivity contribution in [1.29, 1.82) is 0 Å². The van der Waals surface area contributed by atoms with E-state index in [2.05, 4.69) is 10.3 Å². The van der Waals surface area contributed by atoms with Gasteiger partial charge >= 0.3 is 6.18 Å². The van der Waals surface area contributed by atoms with Crippen LogP contribution in [-0.2, 0) is 10.9 Å². The fourth-order valence-electron chi connectivity index (χ4n) is 4.08. The molecule has 13 heteroatoms. The van der Waals surface area contributed by atoms with Crippen molar-refractivity contribution in [3.63, 3.8) is 0 Å². The molecule has 4 aromatic rings. The van der Waals surface area contributed by atoms with Crippen LogP contribution in [0.4, 0.5) is 22.0 Å². The van der Waals surface area contributed by atoms with Crippen LogP contribution in [0.2, 0.25) is 5.02 Å². The van der Waals surface area contributed by atoms with Gasteiger partial charge in [0.2, 0.25) is 0 Å². The third-order valence-electron chi connectivity index (χ3n) is 5.74. The molecule has 1 fully saturated rings. The van der Waals surface area contributed by atoms with Gasteiger partial charge in [-0.25, -0.2) is 13.5 Å². The van der Waals surface area contributed by atoms with Crippen LogP contribution in [0.1, 0.15) is 11.3 Å². The fraction of sp³-hybridized carbons (Fsp3) is 0.208. The van der Waals surface area contributed by atoms with E-state index < -0.39 is 29.1 Å². The average molecular weight is 555 g/mol. The van der Waals surface area contributed by atoms with Gasteiger partial charge in [-0.3, -0.25) is 0 Å². The number of thiocarbonyl (C=S) groups is 1. The van der Waals surface area contributed by atoms with E-state index in [0.717, 1.165) is 24.4 Å². The molecule has 1 saturated heterocycles. The van der Waals surface area contributed by atoms with Crippen LogP contribution in [0.25, 0.3) is 28.3 Å². The van der Waals surface area contributed by atoms with Crippen molar-refractivity contribution in [3.8, 4) is 28.3 Å². The predicted molar refractivity (Wildman–Crippen MR) is 129 cm³/mol. The number of aromatic nitrogens is 3. The van der Waals surface area contributed by atoms with Gasteiger partial charge in [0, 0.05) is 13.1 Å². The van der Waals surface area contributed by atoms with Crippen molar-refractivity contribution in [2.75, 3.05) is 26.3 Å². The van der Waals surface area contributed by atoms with E-state index in [1.807, 2.05) is 0 Å². The first-order valence-electron chi connectivity index (χ1n) is 10.9. The molecule has 0 spiro atoms. The monoisotopic (exact) mass is 554 g/mol. The van der Waals surface area contributed by atoms with E-state index in [4.69, 9.17) is 33.1 Å². The second-order valence-electron chi connectivity index (χ2n) is 8.03. The number of benzene rings is 2. The zero-order chi connectivity index (χ0) is 26.3. The second kappa shape index (κ2) is 9.84. The molecule has 6 nitrogen and oxygen atoms in total. The summed E-state index contributed by atoms with van der Waals surface area (Å²) in [6, 6.07) is 8.49. The third-order valence-corrected chi connectivity index (χ3v) is 6.52. The van der Waals surface area contributed by atoms with Gasteiger partial charge in [0.15, 0.2) is 11.5 Å². The summed E-state index contributed by atoms with van der Waals surface area (Å²) in [6.07, 6.45) is -4.02. The molecule has 2 aromatic heterocycles. The molecule has 37 heavy (non-hydrogen) atoms. The van der Waals surface area contributed by atoms with Crippen LogP contribution in [0.3, 0.4) is 0 Å². The summed E-state index contributed by atoms with van der Waals surface area (Å²) in [5.41, 5.74) is -2.28. The summed E-state index contributed by atoms with van der Waals surface area (Å²) in [5.74, 6) is -1.88. The number of hydrogen-bond acceptors (Lipinski definition) is 5. The number of alkyl halides is 3. The summed E-state index contributed by atoms with van der Waals surface area (Å²) in [4.78, 5) is 1.79. The smallest absolute Gasteiger partial charge is 0.378 e. The number of morpholine rings is 1. The Labute approximate surface area is 217 Å². The Morgan fingerprint density at radius 3 is 2.46 bits per heavy atom. The zero-order valence-electron chi connectivity index (χ0n) is 18.7. The Hall–Kier alpha value is -3.35. The molecule has 0 unspecified atom stereocenters. The Kier molecular flexibility index (Phi) is 6.73. The van der Waals surface area contributed by atoms with Crippen molar-refractivity contribution >= 4 is 28.8 Å². The number of rotatable bonds is 4. The highest BCUT2D eigenvalue weighted by Gasteiger charge is 2.42. The molecule has 0 amide bonds. The van der Waals surface area contributed by atoms with Gasteiger partial charge in [-0.15, -0.1) is 0 Å². The first kappa shape index (κ1) is 25.3. The van der Waals surface area contributed by atoms with Gasteiger partial charge in [-0.2, -0.15) is 18.3 Å². The van der Waals surface area contributed by atoms with Crippen LogP contribution in [0, 0.1) is 11.6 Å². The number of ether oxygens (including phenoxy) is 1. The van der Waals surface area contributed by atoms with Gasteiger partial charge in [-0.1, -0.05) is 41.1 Å². The molecule has 5 rings (SSSR count). The van der Waals surface area contributed by atoms with E-state index >= 15 is 0 Å². The highest BCUT2D eigenvalue weighted by Crippen LogP contribution is 2.43. The minimum Gasteiger partial charge on any atom is -0.378 e. The van der Waals surface area contributed by atoms with Gasteiger partial charge < -0.3 is 14.2 Å². The molecule has 192 valence electrons. The zero-order valence-corrected chi connectivity index (χ0v) is 20.3. The summed E-state index contributed by atoms with van der Waals surface area (Å²) < 4.78 is 83.2. The highest BCUT2D eigenvalue weighted by atomic mass is 35.5. The molecule has 0 atom stereocenters. The SMILES string of the molecule is Fc1cccc(-n2ncc(-c3onc(-c4c(F)cccc4Cl)c3C(=S)N3CCOCC3)c2C(F)(F)F)c1. The fourth-order valence-corrected chi connectivity index (χ4v) is 4.71. The molecule has 0 saturated carbocycles. The average Bonchev–Trinajstić information content (AvgIpc) is 3.49. The first-order chi connectivity index (χ1) is 17.7. The molecule has 0 N–H and O–H groups in total. The molecule has 0 bridgehead atoms. The summed E-state index contributed by atoms with van der Waals surface area (Å²) in [5, 5.41) is 7.75. The predicted octanol–water partition coefficient (Wildman–Crippen LogP) is 6.15. The maximum absolute atomic E-state index is 14.9. The third kappa shape index (κ3) is 4.72. The maximum atomic E-state index is 14.9.